The maximum atomic E-state index is 4.69. The molecule has 0 saturated carbocycles. The Morgan fingerprint density at radius 2 is 2.20 bits per heavy atom. The average Bonchev–Trinajstić information content (AvgIpc) is 3.06. The van der Waals surface area contributed by atoms with Crippen LogP contribution in [0.1, 0.15) is 41.7 Å². The molecule has 0 aliphatic carbocycles. The highest BCUT2D eigenvalue weighted by atomic mass is 15.2. The number of hydrogen-bond donors (Lipinski definition) is 1. The molecule has 2 aromatic rings. The lowest BCUT2D eigenvalue weighted by atomic mass is 10.1. The van der Waals surface area contributed by atoms with Crippen molar-refractivity contribution in [2.75, 3.05) is 6.54 Å². The number of hydrogen-bond acceptors (Lipinski definition) is 2. The molecule has 20 heavy (non-hydrogen) atoms. The van der Waals surface area contributed by atoms with E-state index < -0.39 is 0 Å². The van der Waals surface area contributed by atoms with E-state index in [2.05, 4.69) is 58.7 Å². The molecule has 1 fully saturated rings. The summed E-state index contributed by atoms with van der Waals surface area (Å²) in [5.74, 6) is 1.09. The van der Waals surface area contributed by atoms with E-state index >= 15 is 0 Å². The van der Waals surface area contributed by atoms with Crippen LogP contribution in [0.25, 0.3) is 6.08 Å². The van der Waals surface area contributed by atoms with Gasteiger partial charge in [0.1, 0.15) is 5.82 Å². The predicted molar refractivity (Wildman–Crippen MR) is 82.2 cm³/mol. The first-order valence-electron chi connectivity index (χ1n) is 7.25. The highest BCUT2D eigenvalue weighted by Gasteiger charge is 2.28. The number of nitrogens with one attached hydrogen (secondary N) is 1. The maximum absolute atomic E-state index is 4.69. The minimum Gasteiger partial charge on any atom is -0.344 e. The van der Waals surface area contributed by atoms with Crippen LogP contribution in [0.2, 0.25) is 0 Å². The van der Waals surface area contributed by atoms with Gasteiger partial charge in [0, 0.05) is 12.2 Å². The third-order valence-corrected chi connectivity index (χ3v) is 4.04. The van der Waals surface area contributed by atoms with E-state index in [4.69, 9.17) is 0 Å². The number of imidazole rings is 1. The van der Waals surface area contributed by atoms with Crippen molar-refractivity contribution in [3.05, 3.63) is 59.7 Å². The molecular weight excluding hydrogens is 246 g/mol. The van der Waals surface area contributed by atoms with Gasteiger partial charge in [0.15, 0.2) is 0 Å². The van der Waals surface area contributed by atoms with E-state index in [1.54, 1.807) is 0 Å². The number of aryl methyl sites for hydroxylation is 1. The Morgan fingerprint density at radius 1 is 1.40 bits per heavy atom. The minimum atomic E-state index is 0.405. The first-order chi connectivity index (χ1) is 9.78. The van der Waals surface area contributed by atoms with Crippen molar-refractivity contribution in [2.45, 2.75) is 32.4 Å². The van der Waals surface area contributed by atoms with Crippen molar-refractivity contribution in [3.63, 3.8) is 0 Å². The largest absolute Gasteiger partial charge is 0.344 e. The molecule has 2 heterocycles. The third-order valence-electron chi connectivity index (χ3n) is 4.04. The Bertz CT molecular complexity index is 586. The smallest absolute Gasteiger partial charge is 0.124 e. The van der Waals surface area contributed by atoms with Crippen LogP contribution in [0, 0.1) is 6.92 Å². The Labute approximate surface area is 120 Å². The molecule has 3 rings (SSSR count). The van der Waals surface area contributed by atoms with Gasteiger partial charge in [-0.05, 0) is 37.9 Å². The van der Waals surface area contributed by atoms with Crippen LogP contribution in [0.5, 0.6) is 0 Å². The molecule has 1 atom stereocenters. The first kappa shape index (κ1) is 13.1. The second kappa shape index (κ2) is 5.63. The fourth-order valence-corrected chi connectivity index (χ4v) is 3.00. The average molecular weight is 267 g/mol. The Balaban J connectivity index is 1.79. The lowest BCUT2D eigenvalue weighted by molar-refractivity contribution is 0.240. The number of benzene rings is 1. The van der Waals surface area contributed by atoms with Crippen LogP contribution in [0.4, 0.5) is 0 Å². The molecule has 1 unspecified atom stereocenters. The minimum absolute atomic E-state index is 0.405. The monoisotopic (exact) mass is 267 g/mol. The zero-order valence-corrected chi connectivity index (χ0v) is 12.0. The van der Waals surface area contributed by atoms with E-state index in [-0.39, 0.29) is 0 Å². The summed E-state index contributed by atoms with van der Waals surface area (Å²) in [6.45, 7) is 8.02. The molecule has 0 spiro atoms. The van der Waals surface area contributed by atoms with Crippen LogP contribution in [0.15, 0.2) is 36.9 Å². The van der Waals surface area contributed by atoms with Crippen LogP contribution in [-0.2, 0) is 6.54 Å². The normalized spacial score (nSPS) is 19.4. The number of aromatic amines is 1. The van der Waals surface area contributed by atoms with Gasteiger partial charge in [0.2, 0.25) is 0 Å². The van der Waals surface area contributed by atoms with Crippen LogP contribution in [0.3, 0.4) is 0 Å². The van der Waals surface area contributed by atoms with Crippen molar-refractivity contribution in [3.8, 4) is 0 Å². The zero-order chi connectivity index (χ0) is 13.9. The predicted octanol–water partition coefficient (Wildman–Crippen LogP) is 3.70. The number of aromatic nitrogens is 2. The number of likely N-dealkylation sites (tertiary alicyclic amines) is 1. The fraction of sp³-hybridized carbons (Fsp3) is 0.353. The van der Waals surface area contributed by atoms with Crippen molar-refractivity contribution in [2.24, 2.45) is 0 Å². The third kappa shape index (κ3) is 2.54. The van der Waals surface area contributed by atoms with Gasteiger partial charge in [-0.25, -0.2) is 4.98 Å². The van der Waals surface area contributed by atoms with E-state index in [9.17, 15) is 0 Å². The molecule has 1 N–H and O–H groups in total. The second-order valence-electron chi connectivity index (χ2n) is 5.45. The lowest BCUT2D eigenvalue weighted by Gasteiger charge is -2.22. The van der Waals surface area contributed by atoms with Gasteiger partial charge < -0.3 is 4.98 Å². The Hall–Kier alpha value is -1.87. The molecule has 0 bridgehead atoms. The summed E-state index contributed by atoms with van der Waals surface area (Å²) >= 11 is 0. The van der Waals surface area contributed by atoms with Gasteiger partial charge in [-0.3, -0.25) is 4.90 Å². The number of rotatable bonds is 4. The first-order valence-corrected chi connectivity index (χ1v) is 7.25. The fourth-order valence-electron chi connectivity index (χ4n) is 3.00. The quantitative estimate of drug-likeness (QED) is 0.916. The summed E-state index contributed by atoms with van der Waals surface area (Å²) in [4.78, 5) is 10.6. The zero-order valence-electron chi connectivity index (χ0n) is 12.0. The van der Waals surface area contributed by atoms with E-state index in [1.165, 1.54) is 18.4 Å². The number of H-pyrrole nitrogens is 1. The van der Waals surface area contributed by atoms with Crippen molar-refractivity contribution in [1.82, 2.24) is 14.9 Å². The molecule has 1 saturated heterocycles. The van der Waals surface area contributed by atoms with Gasteiger partial charge in [0.05, 0.1) is 11.7 Å². The Kier molecular flexibility index (Phi) is 3.70. The molecule has 3 nitrogen and oxygen atoms in total. The molecule has 104 valence electrons. The van der Waals surface area contributed by atoms with Gasteiger partial charge >= 0.3 is 0 Å². The van der Waals surface area contributed by atoms with Crippen molar-refractivity contribution < 1.29 is 0 Å². The molecule has 1 aromatic carbocycles. The summed E-state index contributed by atoms with van der Waals surface area (Å²) in [6.07, 6.45) is 4.24. The molecule has 1 aliphatic heterocycles. The molecule has 0 amide bonds. The summed E-state index contributed by atoms with van der Waals surface area (Å²) < 4.78 is 0. The van der Waals surface area contributed by atoms with Crippen LogP contribution < -0.4 is 0 Å². The maximum Gasteiger partial charge on any atom is 0.124 e. The highest BCUT2D eigenvalue weighted by Crippen LogP contribution is 2.32. The van der Waals surface area contributed by atoms with Gasteiger partial charge in [-0.2, -0.15) is 0 Å². The topological polar surface area (TPSA) is 31.9 Å². The summed E-state index contributed by atoms with van der Waals surface area (Å²) in [7, 11) is 0. The summed E-state index contributed by atoms with van der Waals surface area (Å²) in [5.41, 5.74) is 3.46. The second-order valence-corrected chi connectivity index (χ2v) is 5.45. The molecule has 0 radical (unpaired) electrons. The van der Waals surface area contributed by atoms with Gasteiger partial charge in [-0.15, -0.1) is 0 Å². The van der Waals surface area contributed by atoms with Crippen LogP contribution >= 0.6 is 0 Å². The van der Waals surface area contributed by atoms with Gasteiger partial charge in [-0.1, -0.05) is 36.9 Å². The number of nitrogens with zero attached hydrogens (tertiary/aromatic N) is 2. The van der Waals surface area contributed by atoms with Crippen molar-refractivity contribution >= 4 is 6.08 Å². The standard InChI is InChI=1S/C17H21N3/c1-3-15-13(2)18-17(19-15)16-10-7-11-20(16)12-14-8-5-4-6-9-14/h3-6,8-9,16H,1,7,10-12H2,2H3,(H,18,19). The molecule has 3 heteroatoms. The summed E-state index contributed by atoms with van der Waals surface area (Å²) in [5, 5.41) is 0. The Morgan fingerprint density at radius 3 is 2.90 bits per heavy atom. The SMILES string of the molecule is C=Cc1nc(C2CCCN2Cc2ccccc2)[nH]c1C. The summed E-state index contributed by atoms with van der Waals surface area (Å²) in [6, 6.07) is 11.1. The molecule has 1 aliphatic rings. The van der Waals surface area contributed by atoms with Crippen LogP contribution in [-0.4, -0.2) is 21.4 Å². The van der Waals surface area contributed by atoms with Crippen molar-refractivity contribution in [1.29, 1.82) is 0 Å². The van der Waals surface area contributed by atoms with E-state index in [0.29, 0.717) is 6.04 Å². The van der Waals surface area contributed by atoms with Gasteiger partial charge in [0.25, 0.3) is 0 Å². The van der Waals surface area contributed by atoms with E-state index in [0.717, 1.165) is 30.3 Å². The lowest BCUT2D eigenvalue weighted by Crippen LogP contribution is -2.23. The molecular formula is C17H21N3. The van der Waals surface area contributed by atoms with E-state index in [1.807, 2.05) is 6.08 Å². The highest BCUT2D eigenvalue weighted by molar-refractivity contribution is 5.45. The molecule has 1 aromatic heterocycles.